The second-order valence-corrected chi connectivity index (χ2v) is 7.58. The van der Waals surface area contributed by atoms with Crippen molar-refractivity contribution >= 4 is 17.2 Å². The number of nitrogens with one attached hydrogen (secondary N) is 1. The van der Waals surface area contributed by atoms with Gasteiger partial charge in [0.2, 0.25) is 0 Å². The summed E-state index contributed by atoms with van der Waals surface area (Å²) >= 11 is 1.76. The Labute approximate surface area is 158 Å². The highest BCUT2D eigenvalue weighted by Gasteiger charge is 2.25. The number of amides is 1. The van der Waals surface area contributed by atoms with Gasteiger partial charge in [0, 0.05) is 30.1 Å². The average molecular weight is 362 g/mol. The number of rotatable bonds is 5. The van der Waals surface area contributed by atoms with Gasteiger partial charge in [0.05, 0.1) is 6.04 Å². The van der Waals surface area contributed by atoms with Crippen molar-refractivity contribution in [1.82, 2.24) is 10.2 Å². The molecule has 1 unspecified atom stereocenters. The van der Waals surface area contributed by atoms with E-state index in [9.17, 15) is 4.79 Å². The highest BCUT2D eigenvalue weighted by atomic mass is 32.1. The summed E-state index contributed by atoms with van der Waals surface area (Å²) in [6, 6.07) is 22.6. The number of nitrogens with zero attached hydrogens (tertiary/aromatic N) is 1. The Bertz CT molecular complexity index is 861. The molecule has 1 atom stereocenters. The molecule has 4 rings (SSSR count). The van der Waals surface area contributed by atoms with Crippen LogP contribution in [0.1, 0.15) is 32.4 Å². The van der Waals surface area contributed by atoms with Crippen LogP contribution < -0.4 is 5.32 Å². The van der Waals surface area contributed by atoms with Gasteiger partial charge in [-0.2, -0.15) is 0 Å². The summed E-state index contributed by atoms with van der Waals surface area (Å²) < 4.78 is 0. The highest BCUT2D eigenvalue weighted by molar-refractivity contribution is 7.10. The van der Waals surface area contributed by atoms with Crippen molar-refractivity contribution in [2.75, 3.05) is 13.1 Å². The molecule has 0 saturated heterocycles. The summed E-state index contributed by atoms with van der Waals surface area (Å²) in [6.07, 6.45) is 1.06. The Balaban J connectivity index is 1.50. The topological polar surface area (TPSA) is 32.3 Å². The number of hydrogen-bond donors (Lipinski definition) is 1. The van der Waals surface area contributed by atoms with E-state index in [2.05, 4.69) is 52.0 Å². The Morgan fingerprint density at radius 2 is 1.77 bits per heavy atom. The molecule has 0 saturated carbocycles. The molecule has 1 aromatic heterocycles. The smallest absolute Gasteiger partial charge is 0.251 e. The number of carbonyl (C=O) groups excluding carboxylic acids is 1. The lowest BCUT2D eigenvalue weighted by atomic mass is 9.98. The molecule has 0 bridgehead atoms. The second kappa shape index (κ2) is 7.85. The SMILES string of the molecule is O=C(NCC(c1cccs1)N1CCc2ccccc2C1)c1ccccc1. The van der Waals surface area contributed by atoms with Crippen molar-refractivity contribution in [2.45, 2.75) is 19.0 Å². The lowest BCUT2D eigenvalue weighted by molar-refractivity contribution is 0.0929. The Kier molecular flexibility index (Phi) is 5.14. The molecule has 3 nitrogen and oxygen atoms in total. The maximum absolute atomic E-state index is 12.5. The minimum Gasteiger partial charge on any atom is -0.350 e. The molecule has 4 heteroatoms. The van der Waals surface area contributed by atoms with Crippen LogP contribution in [-0.4, -0.2) is 23.9 Å². The monoisotopic (exact) mass is 362 g/mol. The molecular formula is C22H22N2OS. The average Bonchev–Trinajstić information content (AvgIpc) is 3.23. The molecule has 1 aliphatic rings. The van der Waals surface area contributed by atoms with Gasteiger partial charge in [-0.25, -0.2) is 0 Å². The first kappa shape index (κ1) is 17.0. The Hall–Kier alpha value is -2.43. The standard InChI is InChI=1S/C22H22N2OS/c25-22(18-8-2-1-3-9-18)23-15-20(21-11-6-14-26-21)24-13-12-17-7-4-5-10-19(17)16-24/h1-11,14,20H,12-13,15-16H2,(H,23,25). The number of benzene rings is 2. The number of carbonyl (C=O) groups is 1. The van der Waals surface area contributed by atoms with Crippen LogP contribution in [0.4, 0.5) is 0 Å². The van der Waals surface area contributed by atoms with E-state index in [0.717, 1.165) is 19.5 Å². The molecule has 1 aliphatic heterocycles. The van der Waals surface area contributed by atoms with Crippen LogP contribution in [0.15, 0.2) is 72.1 Å². The maximum Gasteiger partial charge on any atom is 0.251 e. The zero-order chi connectivity index (χ0) is 17.8. The highest BCUT2D eigenvalue weighted by Crippen LogP contribution is 2.30. The zero-order valence-electron chi connectivity index (χ0n) is 14.6. The first-order chi connectivity index (χ1) is 12.8. The van der Waals surface area contributed by atoms with E-state index in [1.54, 1.807) is 11.3 Å². The molecule has 1 N–H and O–H groups in total. The van der Waals surface area contributed by atoms with Gasteiger partial charge >= 0.3 is 0 Å². The summed E-state index contributed by atoms with van der Waals surface area (Å²) in [6.45, 7) is 2.57. The van der Waals surface area contributed by atoms with Crippen LogP contribution in [0.3, 0.4) is 0 Å². The molecule has 3 aromatic rings. The molecule has 26 heavy (non-hydrogen) atoms. The minimum atomic E-state index is -0.00966. The number of hydrogen-bond acceptors (Lipinski definition) is 3. The fourth-order valence-electron chi connectivity index (χ4n) is 3.56. The first-order valence-electron chi connectivity index (χ1n) is 8.99. The van der Waals surface area contributed by atoms with Gasteiger partial charge in [0.15, 0.2) is 0 Å². The molecule has 0 fully saturated rings. The third-order valence-corrected chi connectivity index (χ3v) is 5.94. The first-order valence-corrected chi connectivity index (χ1v) is 9.87. The van der Waals surface area contributed by atoms with Crippen LogP contribution >= 0.6 is 11.3 Å². The van der Waals surface area contributed by atoms with Gasteiger partial charge in [0.1, 0.15) is 0 Å². The number of fused-ring (bicyclic) bond motifs is 1. The molecule has 0 spiro atoms. The zero-order valence-corrected chi connectivity index (χ0v) is 15.4. The van der Waals surface area contributed by atoms with E-state index in [1.807, 2.05) is 30.3 Å². The summed E-state index contributed by atoms with van der Waals surface area (Å²) in [5.41, 5.74) is 3.55. The van der Waals surface area contributed by atoms with Crippen LogP contribution in [0.25, 0.3) is 0 Å². The lowest BCUT2D eigenvalue weighted by Gasteiger charge is -2.35. The van der Waals surface area contributed by atoms with Gasteiger partial charge < -0.3 is 5.32 Å². The van der Waals surface area contributed by atoms with Crippen molar-refractivity contribution < 1.29 is 4.79 Å². The van der Waals surface area contributed by atoms with Crippen molar-refractivity contribution in [3.8, 4) is 0 Å². The van der Waals surface area contributed by atoms with E-state index >= 15 is 0 Å². The van der Waals surface area contributed by atoms with E-state index < -0.39 is 0 Å². The maximum atomic E-state index is 12.5. The van der Waals surface area contributed by atoms with Gasteiger partial charge in [-0.1, -0.05) is 48.5 Å². The van der Waals surface area contributed by atoms with Crippen molar-refractivity contribution in [1.29, 1.82) is 0 Å². The molecule has 2 heterocycles. The molecule has 132 valence electrons. The van der Waals surface area contributed by atoms with Crippen molar-refractivity contribution in [3.05, 3.63) is 93.7 Å². The van der Waals surface area contributed by atoms with Gasteiger partial charge in [-0.3, -0.25) is 9.69 Å². The molecular weight excluding hydrogens is 340 g/mol. The van der Waals surface area contributed by atoms with Crippen LogP contribution in [0, 0.1) is 0 Å². The number of thiophene rings is 1. The van der Waals surface area contributed by atoms with Crippen molar-refractivity contribution in [2.24, 2.45) is 0 Å². The summed E-state index contributed by atoms with van der Waals surface area (Å²) in [4.78, 5) is 16.3. The molecule has 1 amide bonds. The third-order valence-electron chi connectivity index (χ3n) is 4.96. The second-order valence-electron chi connectivity index (χ2n) is 6.60. The quantitative estimate of drug-likeness (QED) is 0.735. The van der Waals surface area contributed by atoms with E-state index in [-0.39, 0.29) is 11.9 Å². The van der Waals surface area contributed by atoms with Crippen molar-refractivity contribution in [3.63, 3.8) is 0 Å². The lowest BCUT2D eigenvalue weighted by Crippen LogP contribution is -2.40. The fraction of sp³-hybridized carbons (Fsp3) is 0.227. The van der Waals surface area contributed by atoms with Gasteiger partial charge in [-0.05, 0) is 41.1 Å². The van der Waals surface area contributed by atoms with E-state index in [4.69, 9.17) is 0 Å². The summed E-state index contributed by atoms with van der Waals surface area (Å²) in [5.74, 6) is -0.00966. The largest absolute Gasteiger partial charge is 0.350 e. The third kappa shape index (κ3) is 3.71. The predicted octanol–water partition coefficient (Wildman–Crippen LogP) is 4.28. The normalized spacial score (nSPS) is 15.2. The Morgan fingerprint density at radius 1 is 1.00 bits per heavy atom. The molecule has 2 aromatic carbocycles. The molecule has 0 radical (unpaired) electrons. The predicted molar refractivity (Wildman–Crippen MR) is 106 cm³/mol. The fourth-order valence-corrected chi connectivity index (χ4v) is 4.42. The van der Waals surface area contributed by atoms with E-state index in [1.165, 1.54) is 16.0 Å². The van der Waals surface area contributed by atoms with E-state index in [0.29, 0.717) is 12.1 Å². The minimum absolute atomic E-state index is 0.00966. The van der Waals surface area contributed by atoms with Crippen LogP contribution in [0.2, 0.25) is 0 Å². The van der Waals surface area contributed by atoms with Gasteiger partial charge in [0.25, 0.3) is 5.91 Å². The molecule has 0 aliphatic carbocycles. The summed E-state index contributed by atoms with van der Waals surface area (Å²) in [5, 5.41) is 5.25. The van der Waals surface area contributed by atoms with Gasteiger partial charge in [-0.15, -0.1) is 11.3 Å². The van der Waals surface area contributed by atoms with Crippen LogP contribution in [0.5, 0.6) is 0 Å². The van der Waals surface area contributed by atoms with Crippen LogP contribution in [-0.2, 0) is 13.0 Å². The Morgan fingerprint density at radius 3 is 2.54 bits per heavy atom. The summed E-state index contributed by atoms with van der Waals surface area (Å²) in [7, 11) is 0.